The molecule has 4 aromatic heterocycles. The Kier molecular flexibility index (Phi) is 6.85. The molecule has 0 amide bonds. The predicted molar refractivity (Wildman–Crippen MR) is 153 cm³/mol. The van der Waals surface area contributed by atoms with Crippen LogP contribution in [0.5, 0.6) is 0 Å². The molecule has 0 bridgehead atoms. The number of imidazole rings is 1. The summed E-state index contributed by atoms with van der Waals surface area (Å²) in [4.78, 5) is 17.1. The van der Waals surface area contributed by atoms with Crippen molar-refractivity contribution in [2.24, 2.45) is 5.92 Å². The Labute approximate surface area is 225 Å². The Morgan fingerprint density at radius 2 is 2.03 bits per heavy atom. The maximum Gasteiger partial charge on any atom is 0.178 e. The lowest BCUT2D eigenvalue weighted by Crippen LogP contribution is -2.28. The van der Waals surface area contributed by atoms with Crippen molar-refractivity contribution in [3.05, 3.63) is 89.1 Å². The van der Waals surface area contributed by atoms with Gasteiger partial charge in [-0.3, -0.25) is 10.1 Å². The minimum Gasteiger partial charge on any atom is -0.335 e. The Bertz CT molecular complexity index is 1780. The van der Waals surface area contributed by atoms with Crippen LogP contribution in [0.25, 0.3) is 51.5 Å². The summed E-state index contributed by atoms with van der Waals surface area (Å²) in [5.74, 6) is 0.959. The molecule has 1 aromatic carbocycles. The van der Waals surface area contributed by atoms with E-state index in [9.17, 15) is 4.39 Å². The summed E-state index contributed by atoms with van der Waals surface area (Å²) in [6.07, 6.45) is 12.9. The number of hydrogen-bond donors (Lipinski definition) is 3. The van der Waals surface area contributed by atoms with Crippen molar-refractivity contribution >= 4 is 28.9 Å². The monoisotopic (exact) mass is 519 g/mol. The van der Waals surface area contributed by atoms with E-state index in [0.29, 0.717) is 23.1 Å². The van der Waals surface area contributed by atoms with Crippen LogP contribution in [0.4, 0.5) is 4.39 Å². The van der Waals surface area contributed by atoms with Crippen LogP contribution >= 0.6 is 0 Å². The highest BCUT2D eigenvalue weighted by atomic mass is 19.1. The van der Waals surface area contributed by atoms with E-state index in [-0.39, 0.29) is 5.82 Å². The maximum atomic E-state index is 13.9. The molecule has 0 aliphatic carbocycles. The highest BCUT2D eigenvalue weighted by Crippen LogP contribution is 2.28. The summed E-state index contributed by atoms with van der Waals surface area (Å²) in [7, 11) is 0. The third kappa shape index (κ3) is 5.15. The van der Waals surface area contributed by atoms with Crippen molar-refractivity contribution < 1.29 is 4.39 Å². The van der Waals surface area contributed by atoms with Crippen molar-refractivity contribution in [3.63, 3.8) is 0 Å². The van der Waals surface area contributed by atoms with Crippen LogP contribution in [0.1, 0.15) is 30.9 Å². The number of aromatic amines is 2. The molecule has 0 spiro atoms. The number of benzene rings is 1. The molecule has 8 heteroatoms. The molecule has 1 fully saturated rings. The van der Waals surface area contributed by atoms with E-state index in [2.05, 4.69) is 43.1 Å². The lowest BCUT2D eigenvalue weighted by atomic mass is 9.91. The lowest BCUT2D eigenvalue weighted by molar-refractivity contribution is 0.372. The molecule has 5 heterocycles. The van der Waals surface area contributed by atoms with E-state index in [4.69, 9.17) is 4.98 Å². The number of H-pyrrole nitrogens is 2. The largest absolute Gasteiger partial charge is 0.335 e. The summed E-state index contributed by atoms with van der Waals surface area (Å²) >= 11 is 0. The summed E-state index contributed by atoms with van der Waals surface area (Å²) in [5.41, 5.74) is 6.55. The molecule has 1 aliphatic rings. The first-order chi connectivity index (χ1) is 19.1. The minimum atomic E-state index is -0.294. The second-order valence-corrected chi connectivity index (χ2v) is 9.99. The molecule has 0 radical (unpaired) electrons. The van der Waals surface area contributed by atoms with Gasteiger partial charge in [0.05, 0.1) is 10.9 Å². The molecule has 196 valence electrons. The van der Waals surface area contributed by atoms with Crippen LogP contribution < -0.4 is 15.9 Å². The van der Waals surface area contributed by atoms with Gasteiger partial charge >= 0.3 is 0 Å². The van der Waals surface area contributed by atoms with E-state index >= 15 is 0 Å². The van der Waals surface area contributed by atoms with Crippen LogP contribution in [-0.2, 0) is 6.42 Å². The normalized spacial score (nSPS) is 15.3. The number of halogens is 1. The topological polar surface area (TPSA) is 95.2 Å². The number of allylic oxidation sites excluding steroid dienone is 1. The van der Waals surface area contributed by atoms with E-state index in [1.165, 1.54) is 30.5 Å². The van der Waals surface area contributed by atoms with Crippen molar-refractivity contribution in [1.29, 1.82) is 0 Å². The lowest BCUT2D eigenvalue weighted by Gasteiger charge is -2.22. The smallest absolute Gasteiger partial charge is 0.178 e. The Balaban J connectivity index is 1.37. The van der Waals surface area contributed by atoms with E-state index < -0.39 is 0 Å². The van der Waals surface area contributed by atoms with E-state index in [1.807, 2.05) is 43.6 Å². The number of hydrogen-bond acceptors (Lipinski definition) is 5. The van der Waals surface area contributed by atoms with Gasteiger partial charge in [-0.25, -0.2) is 14.4 Å². The highest BCUT2D eigenvalue weighted by Gasteiger charge is 2.16. The van der Waals surface area contributed by atoms with Gasteiger partial charge in [0.25, 0.3) is 0 Å². The van der Waals surface area contributed by atoms with Crippen molar-refractivity contribution in [2.75, 3.05) is 13.1 Å². The van der Waals surface area contributed by atoms with Gasteiger partial charge in [0.2, 0.25) is 0 Å². The van der Waals surface area contributed by atoms with Gasteiger partial charge in [-0.2, -0.15) is 5.10 Å². The van der Waals surface area contributed by atoms with Gasteiger partial charge in [-0.15, -0.1) is 0 Å². The van der Waals surface area contributed by atoms with Crippen LogP contribution in [0.3, 0.4) is 0 Å². The molecule has 1 saturated heterocycles. The third-order valence-electron chi connectivity index (χ3n) is 7.34. The summed E-state index contributed by atoms with van der Waals surface area (Å²) in [6, 6.07) is 10.5. The molecular weight excluding hydrogens is 489 g/mol. The van der Waals surface area contributed by atoms with Gasteiger partial charge in [0, 0.05) is 29.4 Å². The number of nitrogens with zero attached hydrogens (tertiary/aromatic N) is 4. The van der Waals surface area contributed by atoms with Crippen molar-refractivity contribution in [3.8, 4) is 22.6 Å². The highest BCUT2D eigenvalue weighted by molar-refractivity contribution is 5.92. The fraction of sp³-hybridized carbons (Fsp3) is 0.226. The second kappa shape index (κ2) is 10.7. The quantitative estimate of drug-likeness (QED) is 0.309. The van der Waals surface area contributed by atoms with Gasteiger partial charge in [0.15, 0.2) is 11.5 Å². The number of fused-ring (bicyclic) bond motifs is 1. The molecule has 1 aliphatic heterocycles. The third-order valence-corrected chi connectivity index (χ3v) is 7.34. The summed E-state index contributed by atoms with van der Waals surface area (Å²) in [6.45, 7) is 8.49. The fourth-order valence-electron chi connectivity index (χ4n) is 5.28. The zero-order valence-electron chi connectivity index (χ0n) is 21.8. The molecule has 6 rings (SSSR count). The van der Waals surface area contributed by atoms with E-state index in [1.54, 1.807) is 12.3 Å². The van der Waals surface area contributed by atoms with Gasteiger partial charge in [-0.1, -0.05) is 24.8 Å². The van der Waals surface area contributed by atoms with Gasteiger partial charge in [-0.05, 0) is 97.8 Å². The average molecular weight is 520 g/mol. The van der Waals surface area contributed by atoms with E-state index in [0.717, 1.165) is 57.9 Å². The first-order valence-electron chi connectivity index (χ1n) is 13.3. The summed E-state index contributed by atoms with van der Waals surface area (Å²) in [5, 5.41) is 12.9. The molecular formula is C31H30FN7. The van der Waals surface area contributed by atoms with Crippen LogP contribution in [0.2, 0.25) is 0 Å². The molecule has 5 aromatic rings. The van der Waals surface area contributed by atoms with Crippen molar-refractivity contribution in [1.82, 2.24) is 35.5 Å². The van der Waals surface area contributed by atoms with Gasteiger partial charge in [0.1, 0.15) is 11.5 Å². The Hall–Kier alpha value is -4.43. The van der Waals surface area contributed by atoms with Crippen LogP contribution in [0, 0.1) is 11.7 Å². The van der Waals surface area contributed by atoms with Crippen LogP contribution in [0.15, 0.2) is 61.6 Å². The number of pyridine rings is 2. The second-order valence-electron chi connectivity index (χ2n) is 9.99. The first-order valence-corrected chi connectivity index (χ1v) is 13.3. The molecule has 0 unspecified atom stereocenters. The summed E-state index contributed by atoms with van der Waals surface area (Å²) < 4.78 is 13.9. The minimum absolute atomic E-state index is 0.294. The molecule has 39 heavy (non-hydrogen) atoms. The Morgan fingerprint density at radius 1 is 1.15 bits per heavy atom. The molecule has 7 nitrogen and oxygen atoms in total. The number of nitrogens with one attached hydrogen (secondary N) is 3. The van der Waals surface area contributed by atoms with Gasteiger partial charge < -0.3 is 10.3 Å². The predicted octanol–water partition coefficient (Wildman–Crippen LogP) is 4.39. The van der Waals surface area contributed by atoms with Crippen LogP contribution in [-0.4, -0.2) is 43.2 Å². The number of piperidine rings is 1. The number of aromatic nitrogens is 6. The first kappa shape index (κ1) is 24.9. The van der Waals surface area contributed by atoms with Crippen molar-refractivity contribution in [2.45, 2.75) is 26.2 Å². The Morgan fingerprint density at radius 3 is 2.85 bits per heavy atom. The SMILES string of the molecule is C=C(/C=c1/c(-c2nc3nccc(-c4cccc(F)c4)c3[nH]2)n[nH]/c1=C/C)c1cncc(CC2CCNCC2)c1. The zero-order valence-corrected chi connectivity index (χ0v) is 21.8. The molecule has 0 saturated carbocycles. The fourth-order valence-corrected chi connectivity index (χ4v) is 5.28. The zero-order chi connectivity index (χ0) is 26.8. The standard InChI is InChI=1S/C31H30FN7/c1-3-27-26(13-19(2)23-15-21(17-34-18-23)14-20-7-10-33-11-8-20)29(39-38-27)31-36-28-25(9-12-35-30(28)37-31)22-5-4-6-24(32)16-22/h3-6,9,12-13,15-18,20,33,38H,2,7-8,10-11,14H2,1H3,(H,35,36,37)/b26-13+,27-3+. The molecule has 0 atom stereocenters. The molecule has 3 N–H and O–H groups in total. The number of rotatable bonds is 6. The maximum absolute atomic E-state index is 13.9. The average Bonchev–Trinajstić information content (AvgIpc) is 3.57.